The van der Waals surface area contributed by atoms with Gasteiger partial charge in [-0.05, 0) is 29.8 Å². The molecule has 6 heteroatoms. The van der Waals surface area contributed by atoms with Crippen LogP contribution in [0.3, 0.4) is 0 Å². The average Bonchev–Trinajstić information content (AvgIpc) is 3.26. The molecule has 0 unspecified atom stereocenters. The third-order valence-electron chi connectivity index (χ3n) is 4.37. The van der Waals surface area contributed by atoms with Gasteiger partial charge in [0.2, 0.25) is 6.10 Å². The quantitative estimate of drug-likeness (QED) is 0.727. The Kier molecular flexibility index (Phi) is 4.80. The highest BCUT2D eigenvalue weighted by Gasteiger charge is 2.27. The van der Waals surface area contributed by atoms with Gasteiger partial charge in [0.05, 0.1) is 12.4 Å². The number of fused-ring (bicyclic) bond motifs is 1. The summed E-state index contributed by atoms with van der Waals surface area (Å²) in [4.78, 5) is 12.3. The zero-order valence-electron chi connectivity index (χ0n) is 14.5. The molecule has 0 fully saturated rings. The number of para-hydroxylation sites is 2. The largest absolute Gasteiger partial charge is 0.485 e. The van der Waals surface area contributed by atoms with Crippen LogP contribution in [-0.2, 0) is 4.79 Å². The zero-order valence-corrected chi connectivity index (χ0v) is 14.5. The molecular formula is C21H19NO5. The number of benzene rings is 2. The van der Waals surface area contributed by atoms with Gasteiger partial charge in [0, 0.05) is 12.1 Å². The van der Waals surface area contributed by atoms with Crippen LogP contribution in [0.15, 0.2) is 71.3 Å². The minimum absolute atomic E-state index is 0.0838. The molecule has 0 bridgehead atoms. The number of aliphatic hydroxyl groups is 1. The van der Waals surface area contributed by atoms with Crippen LogP contribution in [0.4, 0.5) is 0 Å². The average molecular weight is 365 g/mol. The van der Waals surface area contributed by atoms with E-state index in [2.05, 4.69) is 5.32 Å². The summed E-state index contributed by atoms with van der Waals surface area (Å²) < 4.78 is 16.5. The fraction of sp³-hybridized carbons (Fsp3) is 0.190. The molecule has 6 nitrogen and oxygen atoms in total. The van der Waals surface area contributed by atoms with Crippen molar-refractivity contribution in [1.29, 1.82) is 0 Å². The van der Waals surface area contributed by atoms with Crippen molar-refractivity contribution in [3.63, 3.8) is 0 Å². The van der Waals surface area contributed by atoms with Gasteiger partial charge >= 0.3 is 0 Å². The van der Waals surface area contributed by atoms with E-state index in [1.54, 1.807) is 18.4 Å². The number of hydrogen-bond acceptors (Lipinski definition) is 5. The summed E-state index contributed by atoms with van der Waals surface area (Å²) in [5, 5.41) is 13.0. The minimum atomic E-state index is -0.823. The van der Waals surface area contributed by atoms with Crippen LogP contribution in [0.5, 0.6) is 11.5 Å². The van der Waals surface area contributed by atoms with Crippen LogP contribution >= 0.6 is 0 Å². The van der Waals surface area contributed by atoms with Gasteiger partial charge in [-0.1, -0.05) is 36.4 Å². The van der Waals surface area contributed by atoms with Crippen molar-refractivity contribution in [3.05, 3.63) is 72.5 Å². The number of carbonyl (C=O) groups is 1. The first-order chi connectivity index (χ1) is 13.2. The molecule has 0 spiro atoms. The molecule has 2 aromatic carbocycles. The van der Waals surface area contributed by atoms with E-state index in [1.165, 1.54) is 0 Å². The Bertz CT molecular complexity index is 905. The Hall–Kier alpha value is -3.25. The number of amides is 1. The summed E-state index contributed by atoms with van der Waals surface area (Å²) in [6.07, 6.45) is 0.0492. The maximum atomic E-state index is 12.3. The molecule has 2 N–H and O–H groups in total. The molecule has 4 rings (SSSR count). The van der Waals surface area contributed by atoms with Crippen LogP contribution in [0, 0.1) is 0 Å². The SMILES string of the molecule is O=C(NC[C@H](O)c1ccc(-c2ccco2)cc1)[C@@H]1COc2ccccc2O1. The predicted molar refractivity (Wildman–Crippen MR) is 98.5 cm³/mol. The Balaban J connectivity index is 1.32. The number of rotatable bonds is 5. The summed E-state index contributed by atoms with van der Waals surface area (Å²) in [6, 6.07) is 18.3. The standard InChI is InChI=1S/C21H19NO5/c23-16(14-7-9-15(10-8-14)17-6-3-11-25-17)12-22-21(24)20-13-26-18-4-1-2-5-19(18)27-20/h1-11,16,20,23H,12-13H2,(H,22,24)/t16-,20-/m0/s1. The van der Waals surface area contributed by atoms with Gasteiger partial charge < -0.3 is 24.3 Å². The second-order valence-electron chi connectivity index (χ2n) is 6.22. The van der Waals surface area contributed by atoms with E-state index >= 15 is 0 Å². The minimum Gasteiger partial charge on any atom is -0.485 e. The second-order valence-corrected chi connectivity index (χ2v) is 6.22. The van der Waals surface area contributed by atoms with Gasteiger partial charge in [0.1, 0.15) is 12.4 Å². The molecule has 1 aromatic heterocycles. The fourth-order valence-corrected chi connectivity index (χ4v) is 2.89. The molecule has 2 atom stereocenters. The highest BCUT2D eigenvalue weighted by molar-refractivity contribution is 5.81. The van der Waals surface area contributed by atoms with Crippen LogP contribution in [0.2, 0.25) is 0 Å². The smallest absolute Gasteiger partial charge is 0.264 e. The molecule has 138 valence electrons. The van der Waals surface area contributed by atoms with Gasteiger partial charge in [-0.25, -0.2) is 0 Å². The lowest BCUT2D eigenvalue weighted by Gasteiger charge is -2.26. The van der Waals surface area contributed by atoms with E-state index in [9.17, 15) is 9.90 Å². The van der Waals surface area contributed by atoms with Gasteiger partial charge in [-0.2, -0.15) is 0 Å². The van der Waals surface area contributed by atoms with E-state index in [0.717, 1.165) is 11.3 Å². The van der Waals surface area contributed by atoms with Crippen LogP contribution in [0.1, 0.15) is 11.7 Å². The normalized spacial score (nSPS) is 16.6. The van der Waals surface area contributed by atoms with Crippen molar-refractivity contribution in [2.24, 2.45) is 0 Å². The van der Waals surface area contributed by atoms with Crippen LogP contribution in [-0.4, -0.2) is 30.3 Å². The van der Waals surface area contributed by atoms with Crippen molar-refractivity contribution in [3.8, 4) is 22.8 Å². The van der Waals surface area contributed by atoms with Crippen molar-refractivity contribution in [2.45, 2.75) is 12.2 Å². The maximum absolute atomic E-state index is 12.3. The molecule has 0 saturated carbocycles. The van der Waals surface area contributed by atoms with E-state index in [1.807, 2.05) is 48.5 Å². The van der Waals surface area contributed by atoms with Crippen LogP contribution in [0.25, 0.3) is 11.3 Å². The molecular weight excluding hydrogens is 346 g/mol. The summed E-state index contributed by atoms with van der Waals surface area (Å²) in [5.74, 6) is 1.60. The Labute approximate surface area is 156 Å². The third kappa shape index (κ3) is 3.80. The summed E-state index contributed by atoms with van der Waals surface area (Å²) in [6.45, 7) is 0.219. The third-order valence-corrected chi connectivity index (χ3v) is 4.37. The van der Waals surface area contributed by atoms with Crippen molar-refractivity contribution in [1.82, 2.24) is 5.32 Å². The van der Waals surface area contributed by atoms with Gasteiger partial charge in [0.25, 0.3) is 5.91 Å². The first-order valence-electron chi connectivity index (χ1n) is 8.69. The number of furan rings is 1. The lowest BCUT2D eigenvalue weighted by molar-refractivity contribution is -0.130. The monoisotopic (exact) mass is 365 g/mol. The maximum Gasteiger partial charge on any atom is 0.264 e. The molecule has 27 heavy (non-hydrogen) atoms. The van der Waals surface area contributed by atoms with Gasteiger partial charge in [0.15, 0.2) is 11.5 Å². The Morgan fingerprint density at radius 2 is 1.85 bits per heavy atom. The summed E-state index contributed by atoms with van der Waals surface area (Å²) in [7, 11) is 0. The molecule has 0 saturated heterocycles. The summed E-state index contributed by atoms with van der Waals surface area (Å²) in [5.41, 5.74) is 1.63. The molecule has 0 aliphatic carbocycles. The number of nitrogens with one attached hydrogen (secondary N) is 1. The van der Waals surface area contributed by atoms with E-state index in [4.69, 9.17) is 13.9 Å². The first kappa shape index (κ1) is 17.2. The number of carbonyl (C=O) groups excluding carboxylic acids is 1. The molecule has 1 amide bonds. The number of hydrogen-bond donors (Lipinski definition) is 2. The number of ether oxygens (including phenoxy) is 2. The molecule has 1 aliphatic rings. The van der Waals surface area contributed by atoms with Crippen molar-refractivity contribution in [2.75, 3.05) is 13.2 Å². The van der Waals surface area contributed by atoms with E-state index in [-0.39, 0.29) is 19.1 Å². The van der Waals surface area contributed by atoms with Gasteiger partial charge in [-0.15, -0.1) is 0 Å². The fourth-order valence-electron chi connectivity index (χ4n) is 2.89. The Morgan fingerprint density at radius 3 is 2.59 bits per heavy atom. The Morgan fingerprint density at radius 1 is 1.07 bits per heavy atom. The highest BCUT2D eigenvalue weighted by atomic mass is 16.6. The predicted octanol–water partition coefficient (Wildman–Crippen LogP) is 2.94. The van der Waals surface area contributed by atoms with Crippen molar-refractivity contribution >= 4 is 5.91 Å². The zero-order chi connectivity index (χ0) is 18.6. The van der Waals surface area contributed by atoms with Crippen LogP contribution < -0.4 is 14.8 Å². The summed E-state index contributed by atoms with van der Waals surface area (Å²) >= 11 is 0. The molecule has 3 aromatic rings. The van der Waals surface area contributed by atoms with E-state index in [0.29, 0.717) is 17.1 Å². The molecule has 1 aliphatic heterocycles. The number of aliphatic hydroxyl groups excluding tert-OH is 1. The topological polar surface area (TPSA) is 80.9 Å². The lowest BCUT2D eigenvalue weighted by Crippen LogP contribution is -2.45. The molecule has 2 heterocycles. The van der Waals surface area contributed by atoms with Crippen molar-refractivity contribution < 1.29 is 23.8 Å². The first-order valence-corrected chi connectivity index (χ1v) is 8.69. The molecule has 0 radical (unpaired) electrons. The highest BCUT2D eigenvalue weighted by Crippen LogP contribution is 2.31. The van der Waals surface area contributed by atoms with E-state index < -0.39 is 12.2 Å². The van der Waals surface area contributed by atoms with Gasteiger partial charge in [-0.3, -0.25) is 4.79 Å². The lowest BCUT2D eigenvalue weighted by atomic mass is 10.1. The second kappa shape index (κ2) is 7.55.